The van der Waals surface area contributed by atoms with E-state index >= 15 is 0 Å². The van der Waals surface area contributed by atoms with Crippen molar-refractivity contribution in [3.05, 3.63) is 0 Å². The van der Waals surface area contributed by atoms with Crippen molar-refractivity contribution in [2.24, 2.45) is 0 Å². The van der Waals surface area contributed by atoms with Gasteiger partial charge in [-0.15, -0.1) is 0 Å². The van der Waals surface area contributed by atoms with Gasteiger partial charge in [0.2, 0.25) is 0 Å². The summed E-state index contributed by atoms with van der Waals surface area (Å²) >= 11 is 0. The van der Waals surface area contributed by atoms with Crippen LogP contribution in [0.4, 0.5) is 0 Å². The van der Waals surface area contributed by atoms with E-state index in [1.165, 1.54) is 32.1 Å². The van der Waals surface area contributed by atoms with Crippen LogP contribution in [0.5, 0.6) is 0 Å². The molecule has 1 N–H and O–H groups in total. The summed E-state index contributed by atoms with van der Waals surface area (Å²) in [6.45, 7) is 6.38. The van der Waals surface area contributed by atoms with E-state index in [0.717, 1.165) is 19.6 Å². The molecule has 0 rings (SSSR count). The Bertz CT molecular complexity index is 106. The molecule has 2 nitrogen and oxygen atoms in total. The van der Waals surface area contributed by atoms with Gasteiger partial charge in [-0.25, -0.2) is 0 Å². The summed E-state index contributed by atoms with van der Waals surface area (Å²) in [7, 11) is 1.78. The second-order valence-electron chi connectivity index (χ2n) is 3.89. The SMILES string of the molecule is CCCCCCC(CCOC)NCC. The topological polar surface area (TPSA) is 21.3 Å². The highest BCUT2D eigenvalue weighted by Crippen LogP contribution is 2.08. The zero-order chi connectivity index (χ0) is 10.6. The van der Waals surface area contributed by atoms with Crippen LogP contribution in [0.1, 0.15) is 52.4 Å². The second kappa shape index (κ2) is 11.0. The van der Waals surface area contributed by atoms with E-state index in [1.54, 1.807) is 7.11 Å². The Morgan fingerprint density at radius 2 is 1.86 bits per heavy atom. The minimum absolute atomic E-state index is 0.664. The molecule has 0 aliphatic rings. The predicted octanol–water partition coefficient (Wildman–Crippen LogP) is 2.97. The van der Waals surface area contributed by atoms with Gasteiger partial charge in [-0.3, -0.25) is 0 Å². The molecule has 2 heteroatoms. The van der Waals surface area contributed by atoms with E-state index in [1.807, 2.05) is 0 Å². The van der Waals surface area contributed by atoms with Gasteiger partial charge in [-0.2, -0.15) is 0 Å². The third-order valence-electron chi connectivity index (χ3n) is 2.57. The molecule has 0 saturated carbocycles. The van der Waals surface area contributed by atoms with Gasteiger partial charge in [0.1, 0.15) is 0 Å². The highest BCUT2D eigenvalue weighted by Gasteiger charge is 2.05. The van der Waals surface area contributed by atoms with Crippen LogP contribution in [-0.4, -0.2) is 26.3 Å². The van der Waals surface area contributed by atoms with Crippen molar-refractivity contribution >= 4 is 0 Å². The molecule has 0 radical (unpaired) electrons. The van der Waals surface area contributed by atoms with Crippen molar-refractivity contribution in [1.82, 2.24) is 5.32 Å². The van der Waals surface area contributed by atoms with Crippen molar-refractivity contribution in [2.75, 3.05) is 20.3 Å². The Morgan fingerprint density at radius 3 is 2.43 bits per heavy atom. The van der Waals surface area contributed by atoms with E-state index < -0.39 is 0 Å². The summed E-state index contributed by atoms with van der Waals surface area (Å²) in [4.78, 5) is 0. The molecule has 1 atom stereocenters. The molecule has 0 aliphatic carbocycles. The highest BCUT2D eigenvalue weighted by molar-refractivity contribution is 4.65. The Labute approximate surface area is 89.4 Å². The van der Waals surface area contributed by atoms with E-state index in [4.69, 9.17) is 4.74 Å². The molecule has 0 aromatic rings. The maximum absolute atomic E-state index is 5.11. The van der Waals surface area contributed by atoms with Crippen molar-refractivity contribution in [2.45, 2.75) is 58.4 Å². The lowest BCUT2D eigenvalue weighted by molar-refractivity contribution is 0.180. The average molecular weight is 201 g/mol. The number of hydrogen-bond acceptors (Lipinski definition) is 2. The fraction of sp³-hybridized carbons (Fsp3) is 1.00. The van der Waals surface area contributed by atoms with Crippen LogP contribution in [0.3, 0.4) is 0 Å². The van der Waals surface area contributed by atoms with Gasteiger partial charge in [0.05, 0.1) is 0 Å². The Balaban J connectivity index is 3.40. The Kier molecular flexibility index (Phi) is 10.9. The van der Waals surface area contributed by atoms with Gasteiger partial charge < -0.3 is 10.1 Å². The quantitative estimate of drug-likeness (QED) is 0.549. The maximum Gasteiger partial charge on any atom is 0.0477 e. The molecule has 0 bridgehead atoms. The first kappa shape index (κ1) is 13.9. The minimum Gasteiger partial charge on any atom is -0.385 e. The molecular weight excluding hydrogens is 174 g/mol. The van der Waals surface area contributed by atoms with Gasteiger partial charge in [-0.1, -0.05) is 39.5 Å². The van der Waals surface area contributed by atoms with Gasteiger partial charge in [0, 0.05) is 19.8 Å². The molecule has 1 unspecified atom stereocenters. The van der Waals surface area contributed by atoms with Crippen LogP contribution >= 0.6 is 0 Å². The number of ether oxygens (including phenoxy) is 1. The maximum atomic E-state index is 5.11. The van der Waals surface area contributed by atoms with E-state index in [0.29, 0.717) is 6.04 Å². The number of unbranched alkanes of at least 4 members (excludes halogenated alkanes) is 3. The third-order valence-corrected chi connectivity index (χ3v) is 2.57. The number of methoxy groups -OCH3 is 1. The van der Waals surface area contributed by atoms with Crippen molar-refractivity contribution < 1.29 is 4.74 Å². The summed E-state index contributed by atoms with van der Waals surface area (Å²) in [6, 6.07) is 0.664. The molecule has 14 heavy (non-hydrogen) atoms. The monoisotopic (exact) mass is 201 g/mol. The van der Waals surface area contributed by atoms with Crippen molar-refractivity contribution in [1.29, 1.82) is 0 Å². The van der Waals surface area contributed by atoms with Crippen LogP contribution in [-0.2, 0) is 4.74 Å². The second-order valence-corrected chi connectivity index (χ2v) is 3.89. The molecule has 0 aromatic carbocycles. The van der Waals surface area contributed by atoms with Crippen LogP contribution in [0, 0.1) is 0 Å². The zero-order valence-corrected chi connectivity index (χ0v) is 10.1. The largest absolute Gasteiger partial charge is 0.385 e. The molecule has 0 amide bonds. The van der Waals surface area contributed by atoms with Crippen LogP contribution in [0.15, 0.2) is 0 Å². The Hall–Kier alpha value is -0.0800. The van der Waals surface area contributed by atoms with Crippen LogP contribution < -0.4 is 5.32 Å². The normalized spacial score (nSPS) is 13.1. The Morgan fingerprint density at radius 1 is 1.07 bits per heavy atom. The number of rotatable bonds is 10. The lowest BCUT2D eigenvalue weighted by Gasteiger charge is -2.17. The zero-order valence-electron chi connectivity index (χ0n) is 10.1. The van der Waals surface area contributed by atoms with Gasteiger partial charge in [0.15, 0.2) is 0 Å². The smallest absolute Gasteiger partial charge is 0.0477 e. The van der Waals surface area contributed by atoms with E-state index in [9.17, 15) is 0 Å². The summed E-state index contributed by atoms with van der Waals surface area (Å²) in [5.41, 5.74) is 0. The first-order valence-electron chi connectivity index (χ1n) is 6.07. The first-order valence-corrected chi connectivity index (χ1v) is 6.07. The fourth-order valence-electron chi connectivity index (χ4n) is 1.71. The lowest BCUT2D eigenvalue weighted by Crippen LogP contribution is -2.29. The molecule has 86 valence electrons. The van der Waals surface area contributed by atoms with E-state index in [2.05, 4.69) is 19.2 Å². The molecule has 0 aliphatic heterocycles. The average Bonchev–Trinajstić information content (AvgIpc) is 2.20. The first-order chi connectivity index (χ1) is 6.85. The fourth-order valence-corrected chi connectivity index (χ4v) is 1.71. The predicted molar refractivity (Wildman–Crippen MR) is 62.7 cm³/mol. The lowest BCUT2D eigenvalue weighted by atomic mass is 10.1. The highest BCUT2D eigenvalue weighted by atomic mass is 16.5. The number of hydrogen-bond donors (Lipinski definition) is 1. The molecule has 0 fully saturated rings. The minimum atomic E-state index is 0.664. The number of nitrogens with one attached hydrogen (secondary N) is 1. The molecule has 0 heterocycles. The summed E-state index contributed by atoms with van der Waals surface area (Å²) in [5.74, 6) is 0. The third kappa shape index (κ3) is 8.52. The van der Waals surface area contributed by atoms with Crippen molar-refractivity contribution in [3.8, 4) is 0 Å². The summed E-state index contributed by atoms with van der Waals surface area (Å²) in [6.07, 6.45) is 7.89. The summed E-state index contributed by atoms with van der Waals surface area (Å²) < 4.78 is 5.11. The van der Waals surface area contributed by atoms with Gasteiger partial charge in [-0.05, 0) is 19.4 Å². The van der Waals surface area contributed by atoms with Crippen LogP contribution in [0.25, 0.3) is 0 Å². The van der Waals surface area contributed by atoms with Crippen LogP contribution in [0.2, 0.25) is 0 Å². The van der Waals surface area contributed by atoms with Crippen molar-refractivity contribution in [3.63, 3.8) is 0 Å². The molecular formula is C12H27NO. The van der Waals surface area contributed by atoms with E-state index in [-0.39, 0.29) is 0 Å². The standard InChI is InChI=1S/C12H27NO/c1-4-6-7-8-9-12(13-5-2)10-11-14-3/h12-13H,4-11H2,1-3H3. The van der Waals surface area contributed by atoms with Gasteiger partial charge in [0.25, 0.3) is 0 Å². The molecule has 0 spiro atoms. The molecule has 0 saturated heterocycles. The van der Waals surface area contributed by atoms with Gasteiger partial charge >= 0.3 is 0 Å². The molecule has 0 aromatic heterocycles. The summed E-state index contributed by atoms with van der Waals surface area (Å²) in [5, 5.41) is 3.51.